The van der Waals surface area contributed by atoms with Crippen molar-refractivity contribution in [3.05, 3.63) is 10.6 Å². The molecule has 0 fully saturated rings. The smallest absolute Gasteiger partial charge is 0.185 e. The fourth-order valence-electron chi connectivity index (χ4n) is 2.14. The molecule has 0 aliphatic rings. The minimum absolute atomic E-state index is 0.104. The molecule has 0 amide bonds. The number of hydrogen-bond acceptors (Lipinski definition) is 5. The van der Waals surface area contributed by atoms with Gasteiger partial charge in [0.1, 0.15) is 0 Å². The number of aromatic nitrogens is 1. The molecule has 1 atom stereocenters. The molecule has 116 valence electrons. The van der Waals surface area contributed by atoms with E-state index in [1.807, 2.05) is 0 Å². The van der Waals surface area contributed by atoms with Crippen LogP contribution in [0.4, 0.5) is 5.13 Å². The lowest BCUT2D eigenvalue weighted by atomic mass is 10.0. The highest BCUT2D eigenvalue weighted by Crippen LogP contribution is 2.32. The van der Waals surface area contributed by atoms with Gasteiger partial charge in [-0.05, 0) is 46.3 Å². The predicted molar refractivity (Wildman–Crippen MR) is 87.8 cm³/mol. The number of aliphatic hydroxyl groups is 1. The molecule has 0 aromatic carbocycles. The number of hydrogen-bond donors (Lipinski definition) is 1. The molecule has 1 rings (SSSR count). The number of aliphatic hydroxyl groups excluding tert-OH is 1. The molecule has 1 aromatic rings. The first-order valence-electron chi connectivity index (χ1n) is 7.53. The monoisotopic (exact) mass is 299 g/mol. The van der Waals surface area contributed by atoms with Gasteiger partial charge in [0.25, 0.3) is 0 Å². The molecule has 0 aliphatic carbocycles. The fraction of sp³-hybridized carbons (Fsp3) is 0.800. The van der Waals surface area contributed by atoms with Crippen molar-refractivity contribution < 1.29 is 5.11 Å². The summed E-state index contributed by atoms with van der Waals surface area (Å²) in [7, 11) is 4.20. The van der Waals surface area contributed by atoms with Crippen LogP contribution in [0.5, 0.6) is 0 Å². The van der Waals surface area contributed by atoms with E-state index >= 15 is 0 Å². The molecule has 1 unspecified atom stereocenters. The van der Waals surface area contributed by atoms with E-state index in [1.165, 1.54) is 0 Å². The highest BCUT2D eigenvalue weighted by molar-refractivity contribution is 7.15. The summed E-state index contributed by atoms with van der Waals surface area (Å²) in [5.41, 5.74) is 1.08. The quantitative estimate of drug-likeness (QED) is 0.761. The topological polar surface area (TPSA) is 39.6 Å². The van der Waals surface area contributed by atoms with Gasteiger partial charge in [-0.3, -0.25) is 0 Å². The van der Waals surface area contributed by atoms with E-state index in [0.29, 0.717) is 5.92 Å². The Morgan fingerprint density at radius 2 is 1.95 bits per heavy atom. The number of anilines is 1. The first-order valence-corrected chi connectivity index (χ1v) is 8.35. The third-order valence-corrected chi connectivity index (χ3v) is 4.74. The highest BCUT2D eigenvalue weighted by atomic mass is 32.1. The average molecular weight is 299 g/mol. The summed E-state index contributed by atoms with van der Waals surface area (Å²) in [5.74, 6) is 0.419. The van der Waals surface area contributed by atoms with Gasteiger partial charge in [0.15, 0.2) is 5.13 Å². The van der Waals surface area contributed by atoms with Crippen molar-refractivity contribution >= 4 is 16.5 Å². The van der Waals surface area contributed by atoms with Crippen molar-refractivity contribution in [1.29, 1.82) is 0 Å². The number of rotatable bonds is 9. The van der Waals surface area contributed by atoms with Crippen LogP contribution < -0.4 is 4.90 Å². The Labute approximate surface area is 127 Å². The van der Waals surface area contributed by atoms with Crippen molar-refractivity contribution in [3.8, 4) is 0 Å². The van der Waals surface area contributed by atoms with E-state index < -0.39 is 0 Å². The molecule has 1 N–H and O–H groups in total. The molecule has 0 spiro atoms. The zero-order valence-electron chi connectivity index (χ0n) is 13.5. The van der Waals surface area contributed by atoms with Crippen LogP contribution in [0, 0.1) is 0 Å². The zero-order chi connectivity index (χ0) is 15.1. The van der Waals surface area contributed by atoms with Crippen LogP contribution in [0.3, 0.4) is 0 Å². The van der Waals surface area contributed by atoms with Gasteiger partial charge in [0.05, 0.1) is 17.2 Å². The molecule has 0 radical (unpaired) electrons. The van der Waals surface area contributed by atoms with Crippen molar-refractivity contribution in [2.45, 2.75) is 46.1 Å². The third kappa shape index (κ3) is 4.72. The fourth-order valence-corrected chi connectivity index (χ4v) is 3.27. The van der Waals surface area contributed by atoms with E-state index in [2.05, 4.69) is 44.7 Å². The maximum atomic E-state index is 9.52. The second-order valence-corrected chi connectivity index (χ2v) is 6.57. The molecule has 5 heteroatoms. The standard InChI is InChI=1S/C15H29N3OS/c1-6-12(3)14-13(11-19)20-15(16-14)18(7-2)10-8-9-17(4)5/h12,19H,6-11H2,1-5H3. The Bertz CT molecular complexity index is 392. The van der Waals surface area contributed by atoms with Crippen LogP contribution in [0.1, 0.15) is 50.1 Å². The van der Waals surface area contributed by atoms with E-state index in [0.717, 1.165) is 48.2 Å². The summed E-state index contributed by atoms with van der Waals surface area (Å²) in [4.78, 5) is 10.3. The van der Waals surface area contributed by atoms with Crippen LogP contribution in [0.2, 0.25) is 0 Å². The first kappa shape index (κ1) is 17.4. The minimum Gasteiger partial charge on any atom is -0.391 e. The van der Waals surface area contributed by atoms with Crippen LogP contribution in [-0.2, 0) is 6.61 Å². The normalized spacial score (nSPS) is 12.9. The van der Waals surface area contributed by atoms with E-state index in [4.69, 9.17) is 4.98 Å². The number of thiazole rings is 1. The highest BCUT2D eigenvalue weighted by Gasteiger charge is 2.18. The first-order chi connectivity index (χ1) is 9.53. The van der Waals surface area contributed by atoms with E-state index in [-0.39, 0.29) is 6.61 Å². The maximum absolute atomic E-state index is 9.52. The van der Waals surface area contributed by atoms with Gasteiger partial charge < -0.3 is 14.9 Å². The summed E-state index contributed by atoms with van der Waals surface area (Å²) in [6.07, 6.45) is 2.19. The van der Waals surface area contributed by atoms with E-state index in [1.54, 1.807) is 11.3 Å². The van der Waals surface area contributed by atoms with Gasteiger partial charge >= 0.3 is 0 Å². The van der Waals surface area contributed by atoms with E-state index in [9.17, 15) is 5.11 Å². The summed E-state index contributed by atoms with van der Waals surface area (Å²) >= 11 is 1.65. The molecule has 0 bridgehead atoms. The van der Waals surface area contributed by atoms with Gasteiger partial charge in [0, 0.05) is 13.1 Å². The lowest BCUT2D eigenvalue weighted by Gasteiger charge is -2.20. The maximum Gasteiger partial charge on any atom is 0.185 e. The largest absolute Gasteiger partial charge is 0.391 e. The van der Waals surface area contributed by atoms with Gasteiger partial charge in [0.2, 0.25) is 0 Å². The predicted octanol–water partition coefficient (Wildman–Crippen LogP) is 2.93. The molecule has 0 saturated carbocycles. The second kappa shape index (κ2) is 8.60. The number of nitrogens with zero attached hydrogens (tertiary/aromatic N) is 3. The summed E-state index contributed by atoms with van der Waals surface area (Å²) in [6.45, 7) is 9.69. The van der Waals surface area contributed by atoms with Crippen molar-refractivity contribution in [1.82, 2.24) is 9.88 Å². The molecule has 1 aromatic heterocycles. The Morgan fingerprint density at radius 3 is 2.45 bits per heavy atom. The summed E-state index contributed by atoms with van der Waals surface area (Å²) in [5, 5.41) is 10.6. The SMILES string of the molecule is CCC(C)c1nc(N(CC)CCCN(C)C)sc1CO. The molecule has 1 heterocycles. The molecular formula is C15H29N3OS. The van der Waals surface area contributed by atoms with Crippen LogP contribution in [0.25, 0.3) is 0 Å². The summed E-state index contributed by atoms with van der Waals surface area (Å²) in [6, 6.07) is 0. The lowest BCUT2D eigenvalue weighted by Crippen LogP contribution is -2.26. The van der Waals surface area contributed by atoms with Crippen LogP contribution in [-0.4, -0.2) is 48.7 Å². The molecule has 0 saturated heterocycles. The molecular weight excluding hydrogens is 270 g/mol. The Morgan fingerprint density at radius 1 is 1.25 bits per heavy atom. The van der Waals surface area contributed by atoms with Gasteiger partial charge in [-0.25, -0.2) is 4.98 Å². The zero-order valence-corrected chi connectivity index (χ0v) is 14.3. The summed E-state index contributed by atoms with van der Waals surface area (Å²) < 4.78 is 0. The van der Waals surface area contributed by atoms with Crippen molar-refractivity contribution in [2.75, 3.05) is 38.6 Å². The Balaban J connectivity index is 2.79. The Kier molecular flexibility index (Phi) is 7.48. The lowest BCUT2D eigenvalue weighted by molar-refractivity contribution is 0.283. The van der Waals surface area contributed by atoms with Crippen molar-refractivity contribution in [2.24, 2.45) is 0 Å². The van der Waals surface area contributed by atoms with Crippen molar-refractivity contribution in [3.63, 3.8) is 0 Å². The Hall–Kier alpha value is -0.650. The molecule has 4 nitrogen and oxygen atoms in total. The minimum atomic E-state index is 0.104. The third-order valence-electron chi connectivity index (χ3n) is 3.62. The van der Waals surface area contributed by atoms with Crippen LogP contribution >= 0.6 is 11.3 Å². The second-order valence-electron chi connectivity index (χ2n) is 5.51. The van der Waals surface area contributed by atoms with Crippen LogP contribution in [0.15, 0.2) is 0 Å². The average Bonchev–Trinajstić information content (AvgIpc) is 2.86. The molecule has 0 aliphatic heterocycles. The molecule has 20 heavy (non-hydrogen) atoms. The van der Waals surface area contributed by atoms with Gasteiger partial charge in [-0.15, -0.1) is 0 Å². The van der Waals surface area contributed by atoms with Gasteiger partial charge in [-0.2, -0.15) is 0 Å². The van der Waals surface area contributed by atoms with Gasteiger partial charge in [-0.1, -0.05) is 25.2 Å².